The molecule has 0 aliphatic carbocycles. The molecule has 106 valence electrons. The van der Waals surface area contributed by atoms with Gasteiger partial charge < -0.3 is 11.1 Å². The van der Waals surface area contributed by atoms with Gasteiger partial charge in [-0.15, -0.1) is 0 Å². The molecule has 0 heterocycles. The van der Waals surface area contributed by atoms with Crippen molar-refractivity contribution in [2.75, 3.05) is 12.8 Å². The molecule has 0 spiro atoms. The lowest BCUT2D eigenvalue weighted by molar-refractivity contribution is 0.0906. The third-order valence-electron chi connectivity index (χ3n) is 3.17. The standard InChI is InChI=1S/C13H20N2O3S/c1-4-13(2,9-14)15-12(16)10-6-5-7-11(8-10)19(3,17)18/h5-8H,4,9,14H2,1-3H3,(H,15,16). The molecule has 1 aromatic carbocycles. The molecule has 19 heavy (non-hydrogen) atoms. The van der Waals surface area contributed by atoms with E-state index in [1.807, 2.05) is 13.8 Å². The summed E-state index contributed by atoms with van der Waals surface area (Å²) in [6.07, 6.45) is 1.81. The smallest absolute Gasteiger partial charge is 0.251 e. The Kier molecular flexibility index (Phi) is 4.70. The number of hydrogen-bond donors (Lipinski definition) is 2. The molecule has 0 saturated heterocycles. The Bertz CT molecular complexity index is 563. The molecule has 6 heteroatoms. The van der Waals surface area contributed by atoms with Gasteiger partial charge >= 0.3 is 0 Å². The van der Waals surface area contributed by atoms with Crippen molar-refractivity contribution in [1.29, 1.82) is 0 Å². The van der Waals surface area contributed by atoms with Crippen LogP contribution in [-0.4, -0.2) is 32.7 Å². The zero-order valence-electron chi connectivity index (χ0n) is 11.4. The van der Waals surface area contributed by atoms with E-state index in [1.165, 1.54) is 12.1 Å². The highest BCUT2D eigenvalue weighted by atomic mass is 32.2. The fourth-order valence-corrected chi connectivity index (χ4v) is 2.16. The SMILES string of the molecule is CCC(C)(CN)NC(=O)c1cccc(S(C)(=O)=O)c1. The molecule has 0 radical (unpaired) electrons. The number of benzene rings is 1. The lowest BCUT2D eigenvalue weighted by atomic mass is 9.98. The predicted octanol–water partition coefficient (Wildman–Crippen LogP) is 0.947. The Morgan fingerprint density at radius 2 is 2.05 bits per heavy atom. The van der Waals surface area contributed by atoms with Gasteiger partial charge in [0.05, 0.1) is 4.90 Å². The number of hydrogen-bond acceptors (Lipinski definition) is 4. The molecule has 1 aromatic rings. The molecule has 1 unspecified atom stereocenters. The molecule has 0 fully saturated rings. The summed E-state index contributed by atoms with van der Waals surface area (Å²) < 4.78 is 22.9. The van der Waals surface area contributed by atoms with Crippen molar-refractivity contribution < 1.29 is 13.2 Å². The van der Waals surface area contributed by atoms with Crippen LogP contribution in [0.5, 0.6) is 0 Å². The van der Waals surface area contributed by atoms with E-state index in [0.717, 1.165) is 6.26 Å². The minimum Gasteiger partial charge on any atom is -0.346 e. The van der Waals surface area contributed by atoms with Crippen molar-refractivity contribution in [3.8, 4) is 0 Å². The Morgan fingerprint density at radius 3 is 2.53 bits per heavy atom. The van der Waals surface area contributed by atoms with E-state index in [2.05, 4.69) is 5.32 Å². The van der Waals surface area contributed by atoms with Crippen molar-refractivity contribution in [2.45, 2.75) is 30.7 Å². The highest BCUT2D eigenvalue weighted by Gasteiger charge is 2.23. The average Bonchev–Trinajstić information content (AvgIpc) is 2.37. The first-order valence-corrected chi connectivity index (χ1v) is 7.94. The minimum atomic E-state index is -3.32. The Hall–Kier alpha value is -1.40. The Balaban J connectivity index is 3.02. The monoisotopic (exact) mass is 284 g/mol. The van der Waals surface area contributed by atoms with E-state index < -0.39 is 15.4 Å². The topological polar surface area (TPSA) is 89.3 Å². The molecule has 1 amide bonds. The fraction of sp³-hybridized carbons (Fsp3) is 0.462. The number of rotatable bonds is 5. The Labute approximate surface area is 114 Å². The maximum absolute atomic E-state index is 12.1. The second kappa shape index (κ2) is 5.71. The van der Waals surface area contributed by atoms with Crippen LogP contribution < -0.4 is 11.1 Å². The van der Waals surface area contributed by atoms with Crippen molar-refractivity contribution in [2.24, 2.45) is 5.73 Å². The first kappa shape index (κ1) is 15.7. The highest BCUT2D eigenvalue weighted by molar-refractivity contribution is 7.90. The summed E-state index contributed by atoms with van der Waals surface area (Å²) in [7, 11) is -3.32. The number of nitrogens with two attached hydrogens (primary N) is 1. The van der Waals surface area contributed by atoms with Crippen molar-refractivity contribution >= 4 is 15.7 Å². The van der Waals surface area contributed by atoms with Gasteiger partial charge in [0.25, 0.3) is 5.91 Å². The number of sulfone groups is 1. The second-order valence-electron chi connectivity index (χ2n) is 4.87. The van der Waals surface area contributed by atoms with Crippen molar-refractivity contribution in [3.05, 3.63) is 29.8 Å². The van der Waals surface area contributed by atoms with Crippen LogP contribution in [-0.2, 0) is 9.84 Å². The molecule has 0 aromatic heterocycles. The van der Waals surface area contributed by atoms with E-state index in [4.69, 9.17) is 5.73 Å². The molecule has 1 rings (SSSR count). The van der Waals surface area contributed by atoms with Gasteiger partial charge in [0, 0.05) is 23.9 Å². The minimum absolute atomic E-state index is 0.131. The van der Waals surface area contributed by atoms with Gasteiger partial charge in [-0.25, -0.2) is 8.42 Å². The second-order valence-corrected chi connectivity index (χ2v) is 6.89. The highest BCUT2D eigenvalue weighted by Crippen LogP contribution is 2.13. The van der Waals surface area contributed by atoms with E-state index in [9.17, 15) is 13.2 Å². The molecule has 0 aliphatic heterocycles. The zero-order chi connectivity index (χ0) is 14.7. The van der Waals surface area contributed by atoms with Gasteiger partial charge in [-0.3, -0.25) is 4.79 Å². The largest absolute Gasteiger partial charge is 0.346 e. The molecule has 0 saturated carbocycles. The number of amides is 1. The number of nitrogens with one attached hydrogen (secondary N) is 1. The fourth-order valence-electron chi connectivity index (χ4n) is 1.50. The van der Waals surface area contributed by atoms with E-state index in [1.54, 1.807) is 12.1 Å². The average molecular weight is 284 g/mol. The summed E-state index contributed by atoms with van der Waals surface area (Å²) in [5.74, 6) is -0.319. The molecular weight excluding hydrogens is 264 g/mol. The van der Waals surface area contributed by atoms with E-state index in [-0.39, 0.29) is 10.8 Å². The maximum Gasteiger partial charge on any atom is 0.251 e. The third kappa shape index (κ3) is 4.04. The molecule has 5 nitrogen and oxygen atoms in total. The molecule has 1 atom stereocenters. The van der Waals surface area contributed by atoms with Crippen LogP contribution in [0.1, 0.15) is 30.6 Å². The molecule has 0 bridgehead atoms. The molecule has 0 aliphatic rings. The number of carbonyl (C=O) groups is 1. The van der Waals surface area contributed by atoms with Crippen LogP contribution in [0, 0.1) is 0 Å². The first-order chi connectivity index (χ1) is 8.72. The van der Waals surface area contributed by atoms with E-state index in [0.29, 0.717) is 18.5 Å². The van der Waals surface area contributed by atoms with Gasteiger partial charge in [-0.2, -0.15) is 0 Å². The van der Waals surface area contributed by atoms with Crippen LogP contribution in [0.4, 0.5) is 0 Å². The van der Waals surface area contributed by atoms with Crippen LogP contribution >= 0.6 is 0 Å². The van der Waals surface area contributed by atoms with Crippen LogP contribution in [0.2, 0.25) is 0 Å². The lowest BCUT2D eigenvalue weighted by Gasteiger charge is -2.28. The van der Waals surface area contributed by atoms with Crippen molar-refractivity contribution in [1.82, 2.24) is 5.32 Å². The first-order valence-electron chi connectivity index (χ1n) is 6.04. The van der Waals surface area contributed by atoms with Crippen molar-refractivity contribution in [3.63, 3.8) is 0 Å². The molecular formula is C13H20N2O3S. The van der Waals surface area contributed by atoms with Gasteiger partial charge in [-0.1, -0.05) is 13.0 Å². The van der Waals surface area contributed by atoms with Gasteiger partial charge in [0.1, 0.15) is 0 Å². The summed E-state index contributed by atoms with van der Waals surface area (Å²) >= 11 is 0. The summed E-state index contributed by atoms with van der Waals surface area (Å²) in [6.45, 7) is 4.10. The van der Waals surface area contributed by atoms with Gasteiger partial charge in [-0.05, 0) is 31.5 Å². The van der Waals surface area contributed by atoms with Crippen LogP contribution in [0.15, 0.2) is 29.2 Å². The van der Waals surface area contributed by atoms with Crippen LogP contribution in [0.25, 0.3) is 0 Å². The quantitative estimate of drug-likeness (QED) is 0.842. The normalized spacial score (nSPS) is 14.7. The summed E-state index contributed by atoms with van der Waals surface area (Å²) in [4.78, 5) is 12.2. The summed E-state index contributed by atoms with van der Waals surface area (Å²) in [5, 5.41) is 2.83. The predicted molar refractivity (Wildman–Crippen MR) is 74.8 cm³/mol. The third-order valence-corrected chi connectivity index (χ3v) is 4.28. The molecule has 3 N–H and O–H groups in total. The number of carbonyl (C=O) groups excluding carboxylic acids is 1. The van der Waals surface area contributed by atoms with E-state index >= 15 is 0 Å². The van der Waals surface area contributed by atoms with Gasteiger partial charge in [0.2, 0.25) is 0 Å². The maximum atomic E-state index is 12.1. The summed E-state index contributed by atoms with van der Waals surface area (Å²) in [5.41, 5.74) is 5.46. The van der Waals surface area contributed by atoms with Gasteiger partial charge in [0.15, 0.2) is 9.84 Å². The summed E-state index contributed by atoms with van der Waals surface area (Å²) in [6, 6.07) is 5.97. The zero-order valence-corrected chi connectivity index (χ0v) is 12.3. The Morgan fingerprint density at radius 1 is 1.42 bits per heavy atom. The lowest BCUT2D eigenvalue weighted by Crippen LogP contribution is -2.50. The van der Waals surface area contributed by atoms with Crippen LogP contribution in [0.3, 0.4) is 0 Å².